The fourth-order valence-electron chi connectivity index (χ4n) is 5.78. The van der Waals surface area contributed by atoms with Crippen LogP contribution in [0.4, 0.5) is 13.2 Å². The molecule has 1 aromatic carbocycles. The first kappa shape index (κ1) is 28.5. The van der Waals surface area contributed by atoms with Crippen molar-refractivity contribution in [1.29, 1.82) is 0 Å². The second-order valence-corrected chi connectivity index (χ2v) is 10.2. The van der Waals surface area contributed by atoms with Crippen LogP contribution in [-0.4, -0.2) is 82.4 Å². The number of rotatable bonds is 3. The summed E-state index contributed by atoms with van der Waals surface area (Å²) in [5.74, 6) is -3.18. The number of nitrogens with one attached hydrogen (secondary N) is 2. The molecule has 3 N–H and O–H groups in total. The maximum atomic E-state index is 13.5. The van der Waals surface area contributed by atoms with Crippen LogP contribution in [0.25, 0.3) is 0 Å². The highest BCUT2D eigenvalue weighted by Gasteiger charge is 2.40. The molecule has 0 bridgehead atoms. The standard InChI is InChI=1S/C24H30N4O4.C2HF3O2/c29-21-7-6-20(22(30)26-21)28-14-17-5-4-16(13-18(17)24(28)32)23(31)27-12-2-1-3-19(27)15-8-10-25-11-9-15;3-2(4,5)1(6)7/h4-5,13,15,19-20,25H,1-3,6-12,14H2,(H,26,29,30);(H,6,7). The molecule has 0 aliphatic carbocycles. The molecule has 0 aromatic heterocycles. The van der Waals surface area contributed by atoms with Gasteiger partial charge in [0.15, 0.2) is 0 Å². The minimum Gasteiger partial charge on any atom is -0.475 e. The third kappa shape index (κ3) is 6.40. The van der Waals surface area contributed by atoms with Gasteiger partial charge < -0.3 is 20.2 Å². The summed E-state index contributed by atoms with van der Waals surface area (Å²) >= 11 is 0. The van der Waals surface area contributed by atoms with Gasteiger partial charge in [0, 0.05) is 36.7 Å². The molecule has 4 heterocycles. The molecule has 0 saturated carbocycles. The molecule has 13 heteroatoms. The first-order valence-electron chi connectivity index (χ1n) is 13.1. The molecule has 1 aromatic rings. The van der Waals surface area contributed by atoms with Gasteiger partial charge in [0.05, 0.1) is 0 Å². The summed E-state index contributed by atoms with van der Waals surface area (Å²) in [7, 11) is 0. The predicted molar refractivity (Wildman–Crippen MR) is 130 cm³/mol. The second kappa shape index (κ2) is 11.7. The fourth-order valence-corrected chi connectivity index (χ4v) is 5.78. The van der Waals surface area contributed by atoms with E-state index in [1.165, 1.54) is 4.90 Å². The Hall–Kier alpha value is -3.48. The van der Waals surface area contributed by atoms with Crippen LogP contribution in [0.5, 0.6) is 0 Å². The summed E-state index contributed by atoms with van der Waals surface area (Å²) in [4.78, 5) is 62.8. The van der Waals surface area contributed by atoms with Gasteiger partial charge in [-0.25, -0.2) is 4.79 Å². The summed E-state index contributed by atoms with van der Waals surface area (Å²) in [6.07, 6.45) is 0.886. The number of carboxylic acids is 1. The lowest BCUT2D eigenvalue weighted by Crippen LogP contribution is -2.52. The Labute approximate surface area is 222 Å². The smallest absolute Gasteiger partial charge is 0.475 e. The highest BCUT2D eigenvalue weighted by molar-refractivity contribution is 6.06. The summed E-state index contributed by atoms with van der Waals surface area (Å²) in [5.41, 5.74) is 1.86. The number of hydrogen-bond acceptors (Lipinski definition) is 6. The molecule has 3 saturated heterocycles. The van der Waals surface area contributed by atoms with E-state index >= 15 is 0 Å². The van der Waals surface area contributed by atoms with Crippen LogP contribution in [0.15, 0.2) is 18.2 Å². The average molecular weight is 553 g/mol. The van der Waals surface area contributed by atoms with Crippen molar-refractivity contribution in [2.75, 3.05) is 19.6 Å². The molecule has 4 amide bonds. The van der Waals surface area contributed by atoms with Crippen molar-refractivity contribution in [3.63, 3.8) is 0 Å². The molecule has 2 atom stereocenters. The first-order chi connectivity index (χ1) is 18.5. The number of imide groups is 1. The van der Waals surface area contributed by atoms with E-state index in [9.17, 15) is 32.3 Å². The number of nitrogens with zero attached hydrogens (tertiary/aromatic N) is 2. The maximum absolute atomic E-state index is 13.5. The Morgan fingerprint density at radius 3 is 2.33 bits per heavy atom. The Morgan fingerprint density at radius 1 is 1.00 bits per heavy atom. The van der Waals surface area contributed by atoms with Gasteiger partial charge in [-0.05, 0) is 75.2 Å². The zero-order chi connectivity index (χ0) is 28.3. The SMILES string of the molecule is O=C(O)C(F)(F)F.O=C1CCC(N2Cc3ccc(C(=O)N4CCCCC4C4CCNCC4)cc3C2=O)C(=O)N1. The number of piperidine rings is 3. The number of carbonyl (C=O) groups excluding carboxylic acids is 4. The molecule has 10 nitrogen and oxygen atoms in total. The zero-order valence-corrected chi connectivity index (χ0v) is 21.3. The van der Waals surface area contributed by atoms with Gasteiger partial charge in [0.2, 0.25) is 11.8 Å². The summed E-state index contributed by atoms with van der Waals surface area (Å²) in [5, 5.41) is 12.9. The number of benzene rings is 1. The number of halogens is 3. The van der Waals surface area contributed by atoms with E-state index in [2.05, 4.69) is 10.6 Å². The Kier molecular flexibility index (Phi) is 8.57. The van der Waals surface area contributed by atoms with Crippen LogP contribution >= 0.6 is 0 Å². The normalized spacial score (nSPS) is 24.0. The molecule has 0 spiro atoms. The third-order valence-electron chi connectivity index (χ3n) is 7.76. The van der Waals surface area contributed by atoms with Crippen LogP contribution in [0.1, 0.15) is 71.2 Å². The molecular weight excluding hydrogens is 521 g/mol. The average Bonchev–Trinajstić information content (AvgIpc) is 3.24. The van der Waals surface area contributed by atoms with Crippen molar-refractivity contribution in [3.8, 4) is 0 Å². The molecule has 2 unspecified atom stereocenters. The first-order valence-corrected chi connectivity index (χ1v) is 13.1. The van der Waals surface area contributed by atoms with Crippen LogP contribution in [0.3, 0.4) is 0 Å². The number of aliphatic carboxylic acids is 1. The van der Waals surface area contributed by atoms with Crippen molar-refractivity contribution in [1.82, 2.24) is 20.4 Å². The lowest BCUT2D eigenvalue weighted by molar-refractivity contribution is -0.192. The number of likely N-dealkylation sites (tertiary alicyclic amines) is 1. The minimum atomic E-state index is -5.08. The Morgan fingerprint density at radius 2 is 1.69 bits per heavy atom. The predicted octanol–water partition coefficient (Wildman–Crippen LogP) is 2.08. The highest BCUT2D eigenvalue weighted by Crippen LogP contribution is 2.32. The summed E-state index contributed by atoms with van der Waals surface area (Å²) in [6, 6.07) is 4.99. The number of amides is 4. The molecule has 0 radical (unpaired) electrons. The van der Waals surface area contributed by atoms with Crippen molar-refractivity contribution in [2.24, 2.45) is 5.92 Å². The van der Waals surface area contributed by atoms with Gasteiger partial charge in [-0.3, -0.25) is 24.5 Å². The maximum Gasteiger partial charge on any atom is 0.490 e. The largest absolute Gasteiger partial charge is 0.490 e. The Balaban J connectivity index is 0.000000448. The van der Waals surface area contributed by atoms with E-state index < -0.39 is 24.1 Å². The number of alkyl halides is 3. The number of fused-ring (bicyclic) bond motifs is 1. The van der Waals surface area contributed by atoms with Gasteiger partial charge in [-0.1, -0.05) is 6.07 Å². The highest BCUT2D eigenvalue weighted by atomic mass is 19.4. The number of carbonyl (C=O) groups is 5. The van der Waals surface area contributed by atoms with Gasteiger partial charge in [0.25, 0.3) is 11.8 Å². The van der Waals surface area contributed by atoms with Gasteiger partial charge in [-0.2, -0.15) is 13.2 Å². The van der Waals surface area contributed by atoms with Crippen molar-refractivity contribution in [2.45, 2.75) is 69.8 Å². The molecule has 3 fully saturated rings. The zero-order valence-electron chi connectivity index (χ0n) is 21.3. The molecule has 5 rings (SSSR count). The van der Waals surface area contributed by atoms with Crippen molar-refractivity contribution >= 4 is 29.6 Å². The van der Waals surface area contributed by atoms with E-state index in [4.69, 9.17) is 9.90 Å². The van der Waals surface area contributed by atoms with Crippen LogP contribution < -0.4 is 10.6 Å². The van der Waals surface area contributed by atoms with E-state index in [0.717, 1.165) is 57.3 Å². The fraction of sp³-hybridized carbons (Fsp3) is 0.577. The number of hydrogen-bond donors (Lipinski definition) is 3. The van der Waals surface area contributed by atoms with E-state index in [1.807, 2.05) is 17.0 Å². The quantitative estimate of drug-likeness (QED) is 0.489. The van der Waals surface area contributed by atoms with E-state index in [0.29, 0.717) is 30.0 Å². The van der Waals surface area contributed by atoms with Gasteiger partial charge >= 0.3 is 12.1 Å². The molecule has 212 valence electrons. The lowest BCUT2D eigenvalue weighted by Gasteiger charge is -2.42. The van der Waals surface area contributed by atoms with Crippen molar-refractivity contribution < 1.29 is 42.3 Å². The Bertz CT molecular complexity index is 1150. The summed E-state index contributed by atoms with van der Waals surface area (Å²) in [6.45, 7) is 3.11. The second-order valence-electron chi connectivity index (χ2n) is 10.2. The van der Waals surface area contributed by atoms with E-state index in [1.54, 1.807) is 6.07 Å². The third-order valence-corrected chi connectivity index (χ3v) is 7.76. The van der Waals surface area contributed by atoms with E-state index in [-0.39, 0.29) is 30.2 Å². The monoisotopic (exact) mass is 552 g/mol. The molecule has 39 heavy (non-hydrogen) atoms. The lowest BCUT2D eigenvalue weighted by atomic mass is 9.84. The van der Waals surface area contributed by atoms with Gasteiger partial charge in [-0.15, -0.1) is 0 Å². The molecule has 4 aliphatic rings. The van der Waals surface area contributed by atoms with Crippen LogP contribution in [0, 0.1) is 5.92 Å². The number of carboxylic acid groups (broad SMARTS) is 1. The van der Waals surface area contributed by atoms with Crippen LogP contribution in [0.2, 0.25) is 0 Å². The van der Waals surface area contributed by atoms with Crippen molar-refractivity contribution in [3.05, 3.63) is 34.9 Å². The van der Waals surface area contributed by atoms with Gasteiger partial charge in [0.1, 0.15) is 6.04 Å². The topological polar surface area (TPSA) is 136 Å². The molecule has 4 aliphatic heterocycles. The molecular formula is C26H31F3N4O6. The minimum absolute atomic E-state index is 0.00305. The summed E-state index contributed by atoms with van der Waals surface area (Å²) < 4.78 is 31.7. The van der Waals surface area contributed by atoms with Crippen LogP contribution in [-0.2, 0) is 20.9 Å².